The van der Waals surface area contributed by atoms with Crippen LogP contribution in [0.3, 0.4) is 0 Å². The largest absolute Gasteiger partial charge is 0.477 e. The molecule has 2 N–H and O–H groups in total. The molecule has 1 aromatic heterocycles. The highest BCUT2D eigenvalue weighted by Crippen LogP contribution is 2.15. The van der Waals surface area contributed by atoms with Crippen molar-refractivity contribution in [1.29, 1.82) is 0 Å². The number of aromatic nitrogens is 1. The zero-order valence-corrected chi connectivity index (χ0v) is 12.2. The highest BCUT2D eigenvalue weighted by molar-refractivity contribution is 9.10. The maximum atomic E-state index is 13.2. The molecule has 0 atom stereocenters. The van der Waals surface area contributed by atoms with Gasteiger partial charge in [-0.05, 0) is 29.8 Å². The quantitative estimate of drug-likeness (QED) is 0.886. The summed E-state index contributed by atoms with van der Waals surface area (Å²) in [4.78, 5) is 26.3. The van der Waals surface area contributed by atoms with E-state index in [1.807, 2.05) is 0 Å². The average Bonchev–Trinajstić information content (AvgIpc) is 2.44. The van der Waals surface area contributed by atoms with Crippen molar-refractivity contribution in [2.75, 3.05) is 0 Å². The maximum Gasteiger partial charge on any atom is 0.354 e. The zero-order chi connectivity index (χ0) is 15.4. The lowest BCUT2D eigenvalue weighted by Crippen LogP contribution is -2.23. The number of carbonyl (C=O) groups excluding carboxylic acids is 1. The minimum Gasteiger partial charge on any atom is -0.477 e. The number of nitrogens with zero attached hydrogens (tertiary/aromatic N) is 1. The Hall–Kier alpha value is -2.28. The van der Waals surface area contributed by atoms with Gasteiger partial charge in [-0.15, -0.1) is 0 Å². The van der Waals surface area contributed by atoms with Gasteiger partial charge in [0.15, 0.2) is 0 Å². The van der Waals surface area contributed by atoms with E-state index in [1.165, 1.54) is 24.4 Å². The van der Waals surface area contributed by atoms with E-state index in [0.717, 1.165) is 6.07 Å². The normalized spacial score (nSPS) is 10.2. The summed E-state index contributed by atoms with van der Waals surface area (Å²) in [5.74, 6) is -2.06. The molecule has 21 heavy (non-hydrogen) atoms. The van der Waals surface area contributed by atoms with Crippen LogP contribution in [0, 0.1) is 5.82 Å². The minimum atomic E-state index is -1.12. The number of carboxylic acid groups (broad SMARTS) is 1. The van der Waals surface area contributed by atoms with E-state index in [9.17, 15) is 14.0 Å². The van der Waals surface area contributed by atoms with Crippen LogP contribution in [0.15, 0.2) is 41.0 Å². The average molecular weight is 353 g/mol. The topological polar surface area (TPSA) is 79.3 Å². The standard InChI is InChI=1S/C14H10BrFN2O3/c15-10-3-9(4-11(16)5-10)13(19)18-7-8-1-2-12(14(20)21)17-6-8/h1-6H,7H2,(H,18,19)(H,20,21). The number of hydrogen-bond acceptors (Lipinski definition) is 3. The Balaban J connectivity index is 2.02. The highest BCUT2D eigenvalue weighted by Gasteiger charge is 2.09. The minimum absolute atomic E-state index is 0.0702. The molecule has 0 radical (unpaired) electrons. The summed E-state index contributed by atoms with van der Waals surface area (Å²) >= 11 is 3.11. The Kier molecular flexibility index (Phi) is 4.64. The molecule has 0 aliphatic carbocycles. The molecule has 108 valence electrons. The summed E-state index contributed by atoms with van der Waals surface area (Å²) < 4.78 is 13.7. The van der Waals surface area contributed by atoms with E-state index in [1.54, 1.807) is 6.07 Å². The van der Waals surface area contributed by atoms with Gasteiger partial charge in [0.05, 0.1) is 0 Å². The molecule has 0 aliphatic rings. The number of rotatable bonds is 4. The molecule has 0 aliphatic heterocycles. The van der Waals surface area contributed by atoms with Gasteiger partial charge in [-0.25, -0.2) is 14.2 Å². The predicted molar refractivity (Wildman–Crippen MR) is 76.5 cm³/mol. The molecule has 2 rings (SSSR count). The van der Waals surface area contributed by atoms with Crippen LogP contribution in [0.5, 0.6) is 0 Å². The van der Waals surface area contributed by atoms with Crippen molar-refractivity contribution in [1.82, 2.24) is 10.3 Å². The maximum absolute atomic E-state index is 13.2. The second-order valence-electron chi connectivity index (χ2n) is 4.20. The van der Waals surface area contributed by atoms with E-state index < -0.39 is 17.7 Å². The first-order chi connectivity index (χ1) is 9.95. The molecule has 1 heterocycles. The zero-order valence-electron chi connectivity index (χ0n) is 10.6. The van der Waals surface area contributed by atoms with Crippen LogP contribution < -0.4 is 5.32 Å². The molecule has 0 saturated carbocycles. The predicted octanol–water partition coefficient (Wildman–Crippen LogP) is 2.61. The molecule has 0 spiro atoms. The van der Waals surface area contributed by atoms with Crippen LogP contribution in [0.4, 0.5) is 4.39 Å². The SMILES string of the molecule is O=C(NCc1ccc(C(=O)O)nc1)c1cc(F)cc(Br)c1. The number of benzene rings is 1. The molecule has 2 aromatic rings. The number of pyridine rings is 1. The third-order valence-electron chi connectivity index (χ3n) is 2.62. The van der Waals surface area contributed by atoms with Gasteiger partial charge < -0.3 is 10.4 Å². The Bertz CT molecular complexity index is 669. The van der Waals surface area contributed by atoms with E-state index in [0.29, 0.717) is 10.0 Å². The summed E-state index contributed by atoms with van der Waals surface area (Å²) in [5.41, 5.74) is 0.764. The first-order valence-corrected chi connectivity index (χ1v) is 6.67. The van der Waals surface area contributed by atoms with Crippen LogP contribution in [0.1, 0.15) is 26.4 Å². The van der Waals surface area contributed by atoms with Crippen molar-refractivity contribution in [3.63, 3.8) is 0 Å². The number of halogens is 2. The molecule has 1 aromatic carbocycles. The summed E-state index contributed by atoms with van der Waals surface area (Å²) in [6.45, 7) is 0.167. The molecular formula is C14H10BrFN2O3. The third-order valence-corrected chi connectivity index (χ3v) is 3.08. The van der Waals surface area contributed by atoms with Gasteiger partial charge in [-0.1, -0.05) is 22.0 Å². The van der Waals surface area contributed by atoms with E-state index in [2.05, 4.69) is 26.2 Å². The number of carbonyl (C=O) groups is 2. The van der Waals surface area contributed by atoms with Crippen LogP contribution in [-0.4, -0.2) is 22.0 Å². The van der Waals surface area contributed by atoms with E-state index in [-0.39, 0.29) is 17.8 Å². The van der Waals surface area contributed by atoms with Crippen molar-refractivity contribution >= 4 is 27.8 Å². The fourth-order valence-electron chi connectivity index (χ4n) is 1.62. The number of hydrogen-bond donors (Lipinski definition) is 2. The molecular weight excluding hydrogens is 343 g/mol. The Labute approximate surface area is 128 Å². The van der Waals surface area contributed by atoms with Gasteiger partial charge in [-0.3, -0.25) is 4.79 Å². The van der Waals surface area contributed by atoms with Crippen molar-refractivity contribution in [3.8, 4) is 0 Å². The molecule has 0 bridgehead atoms. The first-order valence-electron chi connectivity index (χ1n) is 5.88. The lowest BCUT2D eigenvalue weighted by atomic mass is 10.2. The van der Waals surface area contributed by atoms with Gasteiger partial charge in [0.25, 0.3) is 5.91 Å². The highest BCUT2D eigenvalue weighted by atomic mass is 79.9. The Morgan fingerprint density at radius 1 is 1.29 bits per heavy atom. The van der Waals surface area contributed by atoms with E-state index >= 15 is 0 Å². The van der Waals surface area contributed by atoms with Crippen molar-refractivity contribution in [3.05, 3.63) is 63.6 Å². The fourth-order valence-corrected chi connectivity index (χ4v) is 2.09. The third kappa shape index (κ3) is 4.09. The first kappa shape index (κ1) is 15.1. The van der Waals surface area contributed by atoms with Gasteiger partial charge in [0.2, 0.25) is 0 Å². The van der Waals surface area contributed by atoms with Crippen molar-refractivity contribution in [2.24, 2.45) is 0 Å². The monoisotopic (exact) mass is 352 g/mol. The van der Waals surface area contributed by atoms with Crippen molar-refractivity contribution < 1.29 is 19.1 Å². The van der Waals surface area contributed by atoms with Crippen LogP contribution in [0.2, 0.25) is 0 Å². The number of nitrogens with one attached hydrogen (secondary N) is 1. The van der Waals surface area contributed by atoms with Gasteiger partial charge in [-0.2, -0.15) is 0 Å². The van der Waals surface area contributed by atoms with Crippen LogP contribution in [-0.2, 0) is 6.54 Å². The molecule has 0 fully saturated rings. The van der Waals surface area contributed by atoms with Gasteiger partial charge >= 0.3 is 5.97 Å². The van der Waals surface area contributed by atoms with Gasteiger partial charge in [0, 0.05) is 22.8 Å². The summed E-state index contributed by atoms with van der Waals surface area (Å²) in [6.07, 6.45) is 1.37. The van der Waals surface area contributed by atoms with Gasteiger partial charge in [0.1, 0.15) is 11.5 Å². The second kappa shape index (κ2) is 6.45. The molecule has 0 unspecified atom stereocenters. The summed E-state index contributed by atoms with van der Waals surface area (Å²) in [5, 5.41) is 11.3. The lowest BCUT2D eigenvalue weighted by molar-refractivity contribution is 0.0690. The fraction of sp³-hybridized carbons (Fsp3) is 0.0714. The number of carboxylic acids is 1. The molecule has 7 heteroatoms. The molecule has 0 saturated heterocycles. The summed E-state index contributed by atoms with van der Waals surface area (Å²) in [7, 11) is 0. The van der Waals surface area contributed by atoms with Crippen LogP contribution in [0.25, 0.3) is 0 Å². The van der Waals surface area contributed by atoms with Crippen molar-refractivity contribution in [2.45, 2.75) is 6.54 Å². The number of amides is 1. The second-order valence-corrected chi connectivity index (χ2v) is 5.11. The van der Waals surface area contributed by atoms with E-state index in [4.69, 9.17) is 5.11 Å². The molecule has 5 nitrogen and oxygen atoms in total. The molecule has 1 amide bonds. The lowest BCUT2D eigenvalue weighted by Gasteiger charge is -2.06. The summed E-state index contributed by atoms with van der Waals surface area (Å²) in [6, 6.07) is 6.79. The smallest absolute Gasteiger partial charge is 0.354 e. The van der Waals surface area contributed by atoms with Crippen LogP contribution >= 0.6 is 15.9 Å². The number of aromatic carboxylic acids is 1. The Morgan fingerprint density at radius 3 is 2.62 bits per heavy atom. The Morgan fingerprint density at radius 2 is 2.05 bits per heavy atom.